The Morgan fingerprint density at radius 3 is 2.20 bits per heavy atom. The summed E-state index contributed by atoms with van der Waals surface area (Å²) < 4.78 is 57.2. The first kappa shape index (κ1) is 25.0. The van der Waals surface area contributed by atoms with Gasteiger partial charge in [-0.25, -0.2) is 16.8 Å². The van der Waals surface area contributed by atoms with Gasteiger partial charge in [-0.3, -0.25) is 9.10 Å². The number of para-hydroxylation sites is 2. The Morgan fingerprint density at radius 2 is 1.57 bits per heavy atom. The number of nitrogens with one attached hydrogen (secondary N) is 1. The molecule has 0 aliphatic carbocycles. The molecule has 0 unspecified atom stereocenters. The van der Waals surface area contributed by atoms with E-state index in [0.29, 0.717) is 16.3 Å². The molecule has 1 N–H and O–H groups in total. The number of ether oxygens (including phenoxy) is 1. The van der Waals surface area contributed by atoms with Gasteiger partial charge in [0.15, 0.2) is 15.9 Å². The third-order valence-electron chi connectivity index (χ3n) is 5.60. The van der Waals surface area contributed by atoms with Crippen LogP contribution in [0.2, 0.25) is 5.02 Å². The lowest BCUT2D eigenvalue weighted by atomic mass is 10.1. The summed E-state index contributed by atoms with van der Waals surface area (Å²) in [6.45, 7) is 1.51. The molecule has 0 radical (unpaired) electrons. The largest absolute Gasteiger partial charge is 0.476 e. The lowest BCUT2D eigenvalue weighted by Gasteiger charge is -2.35. The summed E-state index contributed by atoms with van der Waals surface area (Å²) in [6, 6.07) is 18.1. The number of nitrogens with zero attached hydrogens (tertiary/aromatic N) is 1. The molecule has 1 aliphatic rings. The molecule has 0 fully saturated rings. The first-order chi connectivity index (χ1) is 16.5. The topological polar surface area (TPSA) is 110 Å². The van der Waals surface area contributed by atoms with E-state index in [-0.39, 0.29) is 22.1 Å². The number of benzene rings is 3. The molecule has 0 spiro atoms. The van der Waals surface area contributed by atoms with Crippen molar-refractivity contribution in [2.24, 2.45) is 0 Å². The molecule has 1 heterocycles. The predicted octanol–water partition coefficient (Wildman–Crippen LogP) is 3.58. The highest BCUT2D eigenvalue weighted by atomic mass is 35.5. The molecular weight excluding hydrogens is 512 g/mol. The van der Waals surface area contributed by atoms with Gasteiger partial charge in [-0.2, -0.15) is 0 Å². The number of anilines is 1. The van der Waals surface area contributed by atoms with E-state index in [4.69, 9.17) is 16.3 Å². The third-order valence-corrected chi connectivity index (χ3v) is 8.77. The van der Waals surface area contributed by atoms with E-state index in [9.17, 15) is 21.6 Å². The van der Waals surface area contributed by atoms with Crippen molar-refractivity contribution in [3.05, 3.63) is 83.4 Å². The van der Waals surface area contributed by atoms with Crippen molar-refractivity contribution in [3.63, 3.8) is 0 Å². The van der Waals surface area contributed by atoms with Gasteiger partial charge in [0.1, 0.15) is 5.75 Å². The molecule has 11 heteroatoms. The third kappa shape index (κ3) is 5.29. The molecule has 4 rings (SSSR count). The van der Waals surface area contributed by atoms with Crippen LogP contribution in [0.5, 0.6) is 5.75 Å². The van der Waals surface area contributed by atoms with Crippen molar-refractivity contribution in [3.8, 4) is 5.75 Å². The van der Waals surface area contributed by atoms with Gasteiger partial charge in [0.25, 0.3) is 15.9 Å². The van der Waals surface area contributed by atoms with E-state index in [0.717, 1.165) is 10.6 Å². The minimum Gasteiger partial charge on any atom is -0.476 e. The number of sulfonamides is 1. The maximum atomic E-state index is 13.4. The maximum Gasteiger partial charge on any atom is 0.264 e. The number of amides is 1. The normalized spacial score (nSPS) is 16.7. The van der Waals surface area contributed by atoms with Gasteiger partial charge >= 0.3 is 0 Å². The minimum absolute atomic E-state index is 0.0390. The van der Waals surface area contributed by atoms with Gasteiger partial charge in [-0.15, -0.1) is 0 Å². The number of halogens is 1. The summed E-state index contributed by atoms with van der Waals surface area (Å²) in [5, 5.41) is 3.23. The Hall–Kier alpha value is -3.08. The standard InChI is InChI=1S/C24H23ClN2O6S2/c1-16(17-7-11-19(12-8-17)34(2,29)30)26-24(28)23-15-27(21-5-3-4-6-22(21)33-23)35(31,32)20-13-9-18(25)10-14-20/h3-14,16,23H,15H2,1-2H3,(H,26,28)/t16-,23-/m1/s1. The van der Waals surface area contributed by atoms with Gasteiger partial charge in [0.2, 0.25) is 0 Å². The van der Waals surface area contributed by atoms with Crippen LogP contribution < -0.4 is 14.4 Å². The molecular formula is C24H23ClN2O6S2. The number of carbonyl (C=O) groups excluding carboxylic acids is 1. The molecule has 3 aromatic carbocycles. The number of sulfone groups is 1. The first-order valence-corrected chi connectivity index (χ1v) is 14.3. The van der Waals surface area contributed by atoms with Crippen molar-refractivity contribution in [1.82, 2.24) is 5.32 Å². The van der Waals surface area contributed by atoms with Crippen LogP contribution in [0.3, 0.4) is 0 Å². The summed E-state index contributed by atoms with van der Waals surface area (Å²) in [5.74, 6) is -0.239. The Labute approximate surface area is 209 Å². The Balaban J connectivity index is 1.58. The van der Waals surface area contributed by atoms with E-state index in [1.807, 2.05) is 0 Å². The SMILES string of the molecule is C[C@@H](NC(=O)[C@H]1CN(S(=O)(=O)c2ccc(Cl)cc2)c2ccccc2O1)c1ccc(S(C)(=O)=O)cc1. The van der Waals surface area contributed by atoms with Gasteiger partial charge in [-0.05, 0) is 61.0 Å². The van der Waals surface area contributed by atoms with E-state index >= 15 is 0 Å². The van der Waals surface area contributed by atoms with Gasteiger partial charge in [0.05, 0.1) is 28.1 Å². The van der Waals surface area contributed by atoms with Crippen molar-refractivity contribution in [1.29, 1.82) is 0 Å². The Morgan fingerprint density at radius 1 is 0.971 bits per heavy atom. The number of hydrogen-bond donors (Lipinski definition) is 1. The second-order valence-corrected chi connectivity index (χ2v) is 12.5. The average Bonchev–Trinajstić information content (AvgIpc) is 2.83. The second-order valence-electron chi connectivity index (χ2n) is 8.14. The van der Waals surface area contributed by atoms with Crippen LogP contribution in [0.4, 0.5) is 5.69 Å². The smallest absolute Gasteiger partial charge is 0.264 e. The molecule has 35 heavy (non-hydrogen) atoms. The maximum absolute atomic E-state index is 13.4. The van der Waals surface area contributed by atoms with E-state index in [2.05, 4.69) is 5.32 Å². The lowest BCUT2D eigenvalue weighted by molar-refractivity contribution is -0.128. The van der Waals surface area contributed by atoms with Crippen molar-refractivity contribution in [2.45, 2.75) is 28.9 Å². The summed E-state index contributed by atoms with van der Waals surface area (Å²) in [4.78, 5) is 13.3. The first-order valence-electron chi connectivity index (χ1n) is 10.6. The van der Waals surface area contributed by atoms with E-state index in [1.165, 1.54) is 36.4 Å². The quantitative estimate of drug-likeness (QED) is 0.517. The fraction of sp³-hybridized carbons (Fsp3) is 0.208. The zero-order valence-corrected chi connectivity index (χ0v) is 21.3. The summed E-state index contributed by atoms with van der Waals surface area (Å²) in [5.41, 5.74) is 1.02. The lowest BCUT2D eigenvalue weighted by Crippen LogP contribution is -2.51. The molecule has 0 bridgehead atoms. The van der Waals surface area contributed by atoms with Crippen LogP contribution >= 0.6 is 11.6 Å². The fourth-order valence-corrected chi connectivity index (χ4v) is 5.93. The summed E-state index contributed by atoms with van der Waals surface area (Å²) >= 11 is 5.91. The molecule has 8 nitrogen and oxygen atoms in total. The molecule has 0 saturated carbocycles. The van der Waals surface area contributed by atoms with Crippen LogP contribution in [0.1, 0.15) is 18.5 Å². The second kappa shape index (κ2) is 9.52. The minimum atomic E-state index is -4.00. The predicted molar refractivity (Wildman–Crippen MR) is 133 cm³/mol. The van der Waals surface area contributed by atoms with Crippen LogP contribution in [0.25, 0.3) is 0 Å². The molecule has 2 atom stereocenters. The fourth-order valence-electron chi connectivity index (χ4n) is 3.69. The van der Waals surface area contributed by atoms with Crippen molar-refractivity contribution in [2.75, 3.05) is 17.1 Å². The highest BCUT2D eigenvalue weighted by Crippen LogP contribution is 2.37. The van der Waals surface area contributed by atoms with Crippen LogP contribution in [-0.4, -0.2) is 41.6 Å². The molecule has 1 aliphatic heterocycles. The molecule has 184 valence electrons. The monoisotopic (exact) mass is 534 g/mol. The van der Waals surface area contributed by atoms with E-state index < -0.39 is 37.9 Å². The van der Waals surface area contributed by atoms with Gasteiger partial charge in [0, 0.05) is 11.3 Å². The van der Waals surface area contributed by atoms with Crippen molar-refractivity contribution < 1.29 is 26.4 Å². The van der Waals surface area contributed by atoms with Crippen LogP contribution in [0, 0.1) is 0 Å². The zero-order chi connectivity index (χ0) is 25.4. The average molecular weight is 535 g/mol. The number of carbonyl (C=O) groups is 1. The van der Waals surface area contributed by atoms with Crippen LogP contribution in [0.15, 0.2) is 82.6 Å². The molecule has 0 saturated heterocycles. The molecule has 0 aromatic heterocycles. The van der Waals surface area contributed by atoms with Gasteiger partial charge < -0.3 is 10.1 Å². The Kier molecular flexibility index (Phi) is 6.81. The van der Waals surface area contributed by atoms with Gasteiger partial charge in [-0.1, -0.05) is 35.9 Å². The summed E-state index contributed by atoms with van der Waals surface area (Å²) in [6.07, 6.45) is 0.0136. The van der Waals surface area contributed by atoms with Crippen LogP contribution in [-0.2, 0) is 24.7 Å². The highest BCUT2D eigenvalue weighted by Gasteiger charge is 2.37. The number of fused-ring (bicyclic) bond motifs is 1. The van der Waals surface area contributed by atoms with Crippen molar-refractivity contribution >= 4 is 43.1 Å². The molecule has 3 aromatic rings. The zero-order valence-electron chi connectivity index (χ0n) is 18.9. The summed E-state index contributed by atoms with van der Waals surface area (Å²) in [7, 11) is -7.34. The number of rotatable bonds is 6. The molecule has 1 amide bonds. The van der Waals surface area contributed by atoms with E-state index in [1.54, 1.807) is 43.3 Å². The highest BCUT2D eigenvalue weighted by molar-refractivity contribution is 7.92. The number of hydrogen-bond acceptors (Lipinski definition) is 6. The Bertz CT molecular complexity index is 1460.